The van der Waals surface area contributed by atoms with Gasteiger partial charge in [-0.25, -0.2) is 9.97 Å². The second-order valence-corrected chi connectivity index (χ2v) is 4.77. The molecular formula is C11H8ClF2N3S. The zero-order valence-corrected chi connectivity index (χ0v) is 10.6. The first-order valence-electron chi connectivity index (χ1n) is 4.89. The zero-order valence-electron chi connectivity index (χ0n) is 8.98. The van der Waals surface area contributed by atoms with E-state index in [9.17, 15) is 8.78 Å². The second-order valence-electron chi connectivity index (χ2n) is 3.32. The van der Waals surface area contributed by atoms with Gasteiger partial charge < -0.3 is 5.73 Å². The molecule has 0 unspecified atom stereocenters. The number of benzene rings is 1. The molecule has 0 saturated carbocycles. The summed E-state index contributed by atoms with van der Waals surface area (Å²) in [5.41, 5.74) is 6.75. The molecule has 0 aliphatic rings. The summed E-state index contributed by atoms with van der Waals surface area (Å²) >= 11 is 6.46. The first-order valence-corrected chi connectivity index (χ1v) is 6.15. The van der Waals surface area contributed by atoms with Gasteiger partial charge in [-0.05, 0) is 12.1 Å². The molecule has 94 valence electrons. The Morgan fingerprint density at radius 1 is 1.17 bits per heavy atom. The van der Waals surface area contributed by atoms with Gasteiger partial charge in [0.1, 0.15) is 17.2 Å². The highest BCUT2D eigenvalue weighted by molar-refractivity contribution is 7.99. The van der Waals surface area contributed by atoms with Gasteiger partial charge >= 0.3 is 0 Å². The Bertz CT molecular complexity index is 548. The Morgan fingerprint density at radius 3 is 2.44 bits per heavy atom. The van der Waals surface area contributed by atoms with Crippen molar-refractivity contribution in [3.05, 3.63) is 35.6 Å². The molecule has 0 radical (unpaired) electrons. The summed E-state index contributed by atoms with van der Waals surface area (Å²) in [6.07, 6.45) is 1.30. The lowest BCUT2D eigenvalue weighted by atomic mass is 10.1. The van der Waals surface area contributed by atoms with Gasteiger partial charge in [0.15, 0.2) is 0 Å². The second kappa shape index (κ2) is 5.49. The number of nitrogens with two attached hydrogens (primary N) is 1. The number of thioether (sulfide) groups is 1. The maximum atomic E-state index is 12.2. The lowest BCUT2D eigenvalue weighted by Crippen LogP contribution is -1.95. The molecular weight excluding hydrogens is 280 g/mol. The van der Waals surface area contributed by atoms with Gasteiger partial charge in [-0.15, -0.1) is 0 Å². The van der Waals surface area contributed by atoms with E-state index in [-0.39, 0.29) is 10.8 Å². The summed E-state index contributed by atoms with van der Waals surface area (Å²) < 4.78 is 24.3. The fourth-order valence-corrected chi connectivity index (χ4v) is 2.08. The third kappa shape index (κ3) is 2.88. The summed E-state index contributed by atoms with van der Waals surface area (Å²) in [6, 6.07) is 6.50. The Morgan fingerprint density at radius 2 is 1.83 bits per heavy atom. The fourth-order valence-electron chi connectivity index (χ4n) is 1.38. The molecule has 2 aromatic rings. The molecule has 0 bridgehead atoms. The van der Waals surface area contributed by atoms with E-state index in [0.29, 0.717) is 27.9 Å². The van der Waals surface area contributed by atoms with Gasteiger partial charge in [-0.3, -0.25) is 0 Å². The van der Waals surface area contributed by atoms with Crippen LogP contribution in [0.4, 0.5) is 14.6 Å². The van der Waals surface area contributed by atoms with E-state index < -0.39 is 5.76 Å². The molecule has 2 rings (SSSR count). The number of nitrogen functional groups attached to an aromatic ring is 1. The first-order chi connectivity index (χ1) is 8.58. The van der Waals surface area contributed by atoms with Crippen LogP contribution >= 0.6 is 23.4 Å². The Balaban J connectivity index is 2.32. The van der Waals surface area contributed by atoms with Crippen molar-refractivity contribution in [1.82, 2.24) is 9.97 Å². The number of hydrogen-bond donors (Lipinski definition) is 1. The Kier molecular flexibility index (Phi) is 3.98. The van der Waals surface area contributed by atoms with Gasteiger partial charge in [0.25, 0.3) is 5.76 Å². The highest BCUT2D eigenvalue weighted by Gasteiger charge is 2.10. The topological polar surface area (TPSA) is 51.8 Å². The van der Waals surface area contributed by atoms with Crippen molar-refractivity contribution in [3.63, 3.8) is 0 Å². The maximum Gasteiger partial charge on any atom is 0.288 e. The minimum Gasteiger partial charge on any atom is -0.382 e. The fraction of sp³-hybridized carbons (Fsp3) is 0.0909. The molecule has 3 nitrogen and oxygen atoms in total. The number of alkyl halides is 2. The number of anilines is 1. The van der Waals surface area contributed by atoms with E-state index in [1.54, 1.807) is 24.3 Å². The van der Waals surface area contributed by atoms with Crippen LogP contribution in [0.3, 0.4) is 0 Å². The molecule has 7 heteroatoms. The van der Waals surface area contributed by atoms with E-state index in [1.807, 2.05) is 0 Å². The first kappa shape index (κ1) is 13.0. The summed E-state index contributed by atoms with van der Waals surface area (Å²) in [5, 5.41) is 0.256. The Labute approximate surface area is 111 Å². The highest BCUT2D eigenvalue weighted by atomic mass is 35.5. The molecule has 0 spiro atoms. The highest BCUT2D eigenvalue weighted by Crippen LogP contribution is 2.31. The summed E-state index contributed by atoms with van der Waals surface area (Å²) in [4.78, 5) is 8.25. The van der Waals surface area contributed by atoms with Crippen LogP contribution in [-0.2, 0) is 0 Å². The van der Waals surface area contributed by atoms with Crippen molar-refractivity contribution in [1.29, 1.82) is 0 Å². The Hall–Kier alpha value is -1.40. The van der Waals surface area contributed by atoms with E-state index >= 15 is 0 Å². The van der Waals surface area contributed by atoms with E-state index in [1.165, 1.54) is 6.33 Å². The van der Waals surface area contributed by atoms with Crippen LogP contribution in [0.5, 0.6) is 0 Å². The van der Waals surface area contributed by atoms with Crippen LogP contribution < -0.4 is 5.73 Å². The van der Waals surface area contributed by atoms with Crippen LogP contribution in [0.15, 0.2) is 35.5 Å². The lowest BCUT2D eigenvalue weighted by Gasteiger charge is -2.06. The van der Waals surface area contributed by atoms with Crippen LogP contribution in [0.1, 0.15) is 0 Å². The molecule has 0 amide bonds. The summed E-state index contributed by atoms with van der Waals surface area (Å²) in [5.74, 6) is -2.25. The number of hydrogen-bond acceptors (Lipinski definition) is 4. The van der Waals surface area contributed by atoms with Crippen LogP contribution in [0, 0.1) is 0 Å². The number of aromatic nitrogens is 2. The van der Waals surface area contributed by atoms with Gasteiger partial charge in [0.05, 0.1) is 5.69 Å². The molecule has 0 aliphatic heterocycles. The zero-order chi connectivity index (χ0) is 13.1. The van der Waals surface area contributed by atoms with Gasteiger partial charge in [-0.2, -0.15) is 8.78 Å². The van der Waals surface area contributed by atoms with E-state index in [2.05, 4.69) is 9.97 Å². The lowest BCUT2D eigenvalue weighted by molar-refractivity contribution is 0.252. The van der Waals surface area contributed by atoms with Crippen LogP contribution in [0.25, 0.3) is 11.3 Å². The van der Waals surface area contributed by atoms with E-state index in [0.717, 1.165) is 0 Å². The van der Waals surface area contributed by atoms with Crippen LogP contribution in [-0.4, -0.2) is 15.7 Å². The molecule has 0 saturated heterocycles. The summed E-state index contributed by atoms with van der Waals surface area (Å²) in [6.45, 7) is 0. The largest absolute Gasteiger partial charge is 0.382 e. The number of rotatable bonds is 3. The average Bonchev–Trinajstić information content (AvgIpc) is 2.33. The number of halogens is 3. The van der Waals surface area contributed by atoms with Crippen LogP contribution in [0.2, 0.25) is 5.02 Å². The molecule has 18 heavy (non-hydrogen) atoms. The monoisotopic (exact) mass is 287 g/mol. The normalized spacial score (nSPS) is 10.9. The molecule has 0 atom stereocenters. The van der Waals surface area contributed by atoms with Gasteiger partial charge in [0, 0.05) is 10.5 Å². The smallest absolute Gasteiger partial charge is 0.288 e. The quantitative estimate of drug-likeness (QED) is 0.875. The standard InChI is InChI=1S/C11H8ClF2N3S/c12-8-9(16-5-17-10(8)15)6-1-3-7(4-2-6)18-11(13)14/h1-5,11H,(H2,15,16,17). The third-order valence-electron chi connectivity index (χ3n) is 2.17. The van der Waals surface area contributed by atoms with Gasteiger partial charge in [-0.1, -0.05) is 35.5 Å². The molecule has 0 fully saturated rings. The third-order valence-corrected chi connectivity index (χ3v) is 3.26. The van der Waals surface area contributed by atoms with Crippen molar-refractivity contribution in [2.24, 2.45) is 0 Å². The van der Waals surface area contributed by atoms with E-state index in [4.69, 9.17) is 17.3 Å². The maximum absolute atomic E-state index is 12.2. The predicted molar refractivity (Wildman–Crippen MR) is 68.8 cm³/mol. The van der Waals surface area contributed by atoms with Crippen molar-refractivity contribution in [2.45, 2.75) is 10.7 Å². The molecule has 2 N–H and O–H groups in total. The average molecular weight is 288 g/mol. The minimum atomic E-state index is -2.44. The van der Waals surface area contributed by atoms with Crippen molar-refractivity contribution < 1.29 is 8.78 Å². The SMILES string of the molecule is Nc1ncnc(-c2ccc(SC(F)F)cc2)c1Cl. The van der Waals surface area contributed by atoms with Gasteiger partial charge in [0.2, 0.25) is 0 Å². The summed E-state index contributed by atoms with van der Waals surface area (Å²) in [7, 11) is 0. The van der Waals surface area contributed by atoms with Crippen molar-refractivity contribution in [2.75, 3.05) is 5.73 Å². The molecule has 1 aromatic heterocycles. The molecule has 1 heterocycles. The molecule has 1 aromatic carbocycles. The number of nitrogens with zero attached hydrogens (tertiary/aromatic N) is 2. The predicted octanol–water partition coefficient (Wildman–Crippen LogP) is 3.69. The van der Waals surface area contributed by atoms with Crippen molar-refractivity contribution >= 4 is 29.2 Å². The van der Waals surface area contributed by atoms with Crippen molar-refractivity contribution in [3.8, 4) is 11.3 Å². The minimum absolute atomic E-state index is 0.188. The molecule has 0 aliphatic carbocycles.